The van der Waals surface area contributed by atoms with E-state index in [4.69, 9.17) is 0 Å². The number of rotatable bonds is 0. The van der Waals surface area contributed by atoms with Crippen LogP contribution in [0.25, 0.3) is 0 Å². The maximum Gasteiger partial charge on any atom is 0.0155 e. The molecule has 2 atom stereocenters. The lowest BCUT2D eigenvalue weighted by Crippen LogP contribution is -1.88. The van der Waals surface area contributed by atoms with Crippen molar-refractivity contribution in [2.45, 2.75) is 13.8 Å². The maximum absolute atomic E-state index is 2.27. The fraction of sp³-hybridized carbons (Fsp3) is 0.455. The standard InChI is InChI=1S/C11H16S/c1-10-4-3-8-12-9-7-11(2)6-5-10/h3-7,9-11H,8H2,1-2H3/b4-3-,6-5-,9-7-/t10-,11?/m0/s1. The van der Waals surface area contributed by atoms with Gasteiger partial charge in [-0.25, -0.2) is 0 Å². The molecule has 1 unspecified atom stereocenters. The molecule has 0 N–H and O–H groups in total. The monoisotopic (exact) mass is 180 g/mol. The summed E-state index contributed by atoms with van der Waals surface area (Å²) >= 11 is 1.86. The van der Waals surface area contributed by atoms with Crippen LogP contribution in [-0.4, -0.2) is 5.75 Å². The van der Waals surface area contributed by atoms with E-state index in [2.05, 4.69) is 49.6 Å². The maximum atomic E-state index is 2.27. The third-order valence-corrected chi connectivity index (χ3v) is 2.56. The molecule has 1 heterocycles. The second-order valence-electron chi connectivity index (χ2n) is 3.19. The molecule has 0 aromatic heterocycles. The Morgan fingerprint density at radius 1 is 1.00 bits per heavy atom. The van der Waals surface area contributed by atoms with Gasteiger partial charge in [0.2, 0.25) is 0 Å². The molecule has 0 bridgehead atoms. The molecule has 0 radical (unpaired) electrons. The van der Waals surface area contributed by atoms with E-state index in [-0.39, 0.29) is 0 Å². The van der Waals surface area contributed by atoms with Gasteiger partial charge in [0.15, 0.2) is 0 Å². The third kappa shape index (κ3) is 3.82. The van der Waals surface area contributed by atoms with Gasteiger partial charge >= 0.3 is 0 Å². The first-order chi connectivity index (χ1) is 5.79. The summed E-state index contributed by atoms with van der Waals surface area (Å²) in [6.07, 6.45) is 11.3. The van der Waals surface area contributed by atoms with E-state index in [0.717, 1.165) is 5.75 Å². The molecule has 0 spiro atoms. The summed E-state index contributed by atoms with van der Waals surface area (Å²) in [6.45, 7) is 4.43. The third-order valence-electron chi connectivity index (χ3n) is 1.83. The summed E-state index contributed by atoms with van der Waals surface area (Å²) in [5.74, 6) is 2.26. The molecule has 1 aliphatic rings. The molecule has 0 aromatic carbocycles. The van der Waals surface area contributed by atoms with Crippen LogP contribution in [0.4, 0.5) is 0 Å². The van der Waals surface area contributed by atoms with Crippen LogP contribution < -0.4 is 0 Å². The van der Waals surface area contributed by atoms with Gasteiger partial charge in [0.1, 0.15) is 0 Å². The van der Waals surface area contributed by atoms with Crippen LogP contribution >= 0.6 is 11.8 Å². The Morgan fingerprint density at radius 2 is 1.67 bits per heavy atom. The van der Waals surface area contributed by atoms with Crippen LogP contribution in [-0.2, 0) is 0 Å². The van der Waals surface area contributed by atoms with Crippen molar-refractivity contribution < 1.29 is 0 Å². The van der Waals surface area contributed by atoms with Crippen LogP contribution in [0.15, 0.2) is 35.8 Å². The van der Waals surface area contributed by atoms with E-state index in [1.54, 1.807) is 0 Å². The lowest BCUT2D eigenvalue weighted by molar-refractivity contribution is 0.881. The molecular formula is C11H16S. The first-order valence-corrected chi connectivity index (χ1v) is 5.47. The Bertz CT molecular complexity index is 179. The fourth-order valence-corrected chi connectivity index (χ4v) is 1.73. The molecule has 0 aliphatic carbocycles. The van der Waals surface area contributed by atoms with Gasteiger partial charge in [-0.3, -0.25) is 0 Å². The predicted octanol–water partition coefficient (Wildman–Crippen LogP) is 3.63. The fourth-order valence-electron chi connectivity index (χ4n) is 1.04. The van der Waals surface area contributed by atoms with E-state index in [1.165, 1.54) is 0 Å². The summed E-state index contributed by atoms with van der Waals surface area (Å²) in [7, 11) is 0. The van der Waals surface area contributed by atoms with Crippen LogP contribution in [0.1, 0.15) is 13.8 Å². The van der Waals surface area contributed by atoms with Crippen molar-refractivity contribution in [3.05, 3.63) is 35.8 Å². The van der Waals surface area contributed by atoms with Crippen molar-refractivity contribution in [1.82, 2.24) is 0 Å². The highest BCUT2D eigenvalue weighted by atomic mass is 32.2. The van der Waals surface area contributed by atoms with E-state index in [9.17, 15) is 0 Å². The Hall–Kier alpha value is -0.430. The summed E-state index contributed by atoms with van der Waals surface area (Å²) in [4.78, 5) is 0. The number of thioether (sulfide) groups is 1. The zero-order valence-electron chi connectivity index (χ0n) is 7.73. The molecule has 1 aliphatic heterocycles. The molecule has 0 fully saturated rings. The lowest BCUT2D eigenvalue weighted by atomic mass is 10.1. The minimum Gasteiger partial charge on any atom is -0.130 e. The minimum absolute atomic E-state index is 0.575. The zero-order valence-corrected chi connectivity index (χ0v) is 8.55. The average molecular weight is 180 g/mol. The first-order valence-electron chi connectivity index (χ1n) is 4.42. The second kappa shape index (κ2) is 5.26. The lowest BCUT2D eigenvalue weighted by Gasteiger charge is -2.03. The number of hydrogen-bond acceptors (Lipinski definition) is 1. The highest BCUT2D eigenvalue weighted by molar-refractivity contribution is 8.02. The molecule has 0 amide bonds. The van der Waals surface area contributed by atoms with Gasteiger partial charge < -0.3 is 0 Å². The normalized spacial score (nSPS) is 38.5. The summed E-state index contributed by atoms with van der Waals surface area (Å²) < 4.78 is 0. The quantitative estimate of drug-likeness (QED) is 0.513. The van der Waals surface area contributed by atoms with Crippen molar-refractivity contribution in [2.24, 2.45) is 11.8 Å². The smallest absolute Gasteiger partial charge is 0.0155 e. The Balaban J connectivity index is 2.61. The van der Waals surface area contributed by atoms with Crippen molar-refractivity contribution in [1.29, 1.82) is 0 Å². The molecule has 0 saturated carbocycles. The van der Waals surface area contributed by atoms with E-state index < -0.39 is 0 Å². The summed E-state index contributed by atoms with van der Waals surface area (Å²) in [5, 5.41) is 2.19. The predicted molar refractivity (Wildman–Crippen MR) is 58.2 cm³/mol. The van der Waals surface area contributed by atoms with E-state index in [1.807, 2.05) is 11.8 Å². The van der Waals surface area contributed by atoms with E-state index >= 15 is 0 Å². The molecule has 0 aromatic rings. The molecule has 1 heteroatoms. The molecule has 12 heavy (non-hydrogen) atoms. The first kappa shape index (κ1) is 9.66. The Labute approximate surface area is 79.4 Å². The van der Waals surface area contributed by atoms with Gasteiger partial charge in [-0.15, -0.1) is 11.8 Å². The zero-order chi connectivity index (χ0) is 8.81. The molecule has 0 saturated heterocycles. The van der Waals surface area contributed by atoms with Crippen molar-refractivity contribution in [3.8, 4) is 0 Å². The van der Waals surface area contributed by atoms with Crippen molar-refractivity contribution in [3.63, 3.8) is 0 Å². The molecule has 66 valence electrons. The molecule has 0 nitrogen and oxygen atoms in total. The number of allylic oxidation sites excluding steroid dienone is 4. The summed E-state index contributed by atoms with van der Waals surface area (Å²) in [6, 6.07) is 0. The van der Waals surface area contributed by atoms with Gasteiger partial charge in [0.05, 0.1) is 0 Å². The van der Waals surface area contributed by atoms with Gasteiger partial charge in [0.25, 0.3) is 0 Å². The van der Waals surface area contributed by atoms with Crippen LogP contribution in [0.5, 0.6) is 0 Å². The average Bonchev–Trinajstić information content (AvgIpc) is 2.07. The second-order valence-corrected chi connectivity index (χ2v) is 4.13. The van der Waals surface area contributed by atoms with E-state index in [0.29, 0.717) is 11.8 Å². The van der Waals surface area contributed by atoms with Crippen LogP contribution in [0, 0.1) is 11.8 Å². The minimum atomic E-state index is 0.575. The van der Waals surface area contributed by atoms with Gasteiger partial charge in [-0.2, -0.15) is 0 Å². The van der Waals surface area contributed by atoms with Gasteiger partial charge in [0, 0.05) is 5.75 Å². The van der Waals surface area contributed by atoms with Crippen LogP contribution in [0.3, 0.4) is 0 Å². The topological polar surface area (TPSA) is 0 Å². The Morgan fingerprint density at radius 3 is 2.42 bits per heavy atom. The highest BCUT2D eigenvalue weighted by Gasteiger charge is 1.94. The highest BCUT2D eigenvalue weighted by Crippen LogP contribution is 2.12. The largest absolute Gasteiger partial charge is 0.130 e. The van der Waals surface area contributed by atoms with Crippen molar-refractivity contribution >= 4 is 11.8 Å². The van der Waals surface area contributed by atoms with Crippen molar-refractivity contribution in [2.75, 3.05) is 5.75 Å². The molecule has 1 rings (SSSR count). The SMILES string of the molecule is CC1/C=C\SC/C=C\[C@H](C)/C=C\1. The van der Waals surface area contributed by atoms with Gasteiger partial charge in [-0.1, -0.05) is 44.2 Å². The Kier molecular flexibility index (Phi) is 4.23. The summed E-state index contributed by atoms with van der Waals surface area (Å²) in [5.41, 5.74) is 0. The van der Waals surface area contributed by atoms with Crippen LogP contribution in [0.2, 0.25) is 0 Å². The molecular weight excluding hydrogens is 164 g/mol. The van der Waals surface area contributed by atoms with Gasteiger partial charge in [-0.05, 0) is 17.2 Å². The number of hydrogen-bond donors (Lipinski definition) is 0.